The molecule has 0 spiro atoms. The van der Waals surface area contributed by atoms with Crippen LogP contribution in [0.4, 0.5) is 0 Å². The van der Waals surface area contributed by atoms with E-state index in [0.717, 1.165) is 75.1 Å². The van der Waals surface area contributed by atoms with Crippen LogP contribution in [-0.4, -0.2) is 30.1 Å². The van der Waals surface area contributed by atoms with Gasteiger partial charge in [0.1, 0.15) is 5.69 Å². The van der Waals surface area contributed by atoms with E-state index < -0.39 is 0 Å². The normalized spacial score (nSPS) is 13.0. The number of nitrogens with one attached hydrogen (secondary N) is 3. The summed E-state index contributed by atoms with van der Waals surface area (Å²) in [5, 5.41) is 13.4. The molecule has 5 aromatic heterocycles. The summed E-state index contributed by atoms with van der Waals surface area (Å²) in [5.74, 6) is 0. The monoisotopic (exact) mass is 495 g/mol. The van der Waals surface area contributed by atoms with Crippen molar-refractivity contribution >= 4 is 27.4 Å². The number of benzene rings is 1. The maximum absolute atomic E-state index is 4.70. The lowest BCUT2D eigenvalue weighted by molar-refractivity contribution is 0.691. The smallest absolute Gasteiger partial charge is 0.116 e. The Morgan fingerprint density at radius 3 is 2.61 bits per heavy atom. The Labute approximate surface area is 219 Å². The third kappa shape index (κ3) is 4.19. The van der Waals surface area contributed by atoms with E-state index in [1.165, 1.54) is 11.1 Å². The lowest BCUT2D eigenvalue weighted by atomic mass is 10.0. The molecule has 1 aliphatic rings. The Morgan fingerprint density at radius 1 is 0.816 bits per heavy atom. The van der Waals surface area contributed by atoms with E-state index in [4.69, 9.17) is 4.98 Å². The third-order valence-electron chi connectivity index (χ3n) is 6.92. The summed E-state index contributed by atoms with van der Waals surface area (Å²) in [6.07, 6.45) is 16.9. The predicted molar refractivity (Wildman–Crippen MR) is 151 cm³/mol. The van der Waals surface area contributed by atoms with E-state index in [0.29, 0.717) is 0 Å². The van der Waals surface area contributed by atoms with E-state index >= 15 is 0 Å². The second kappa shape index (κ2) is 9.53. The zero-order valence-electron chi connectivity index (χ0n) is 20.6. The maximum atomic E-state index is 4.70. The number of pyridine rings is 3. The number of aromatic nitrogens is 6. The van der Waals surface area contributed by atoms with Crippen LogP contribution in [0.15, 0.2) is 97.7 Å². The van der Waals surface area contributed by atoms with Crippen molar-refractivity contribution in [2.45, 2.75) is 19.5 Å². The summed E-state index contributed by atoms with van der Waals surface area (Å²) < 4.78 is 0. The first-order valence-electron chi connectivity index (χ1n) is 12.7. The molecule has 7 rings (SSSR count). The van der Waals surface area contributed by atoms with Crippen molar-refractivity contribution in [1.29, 1.82) is 0 Å². The molecular weight excluding hydrogens is 470 g/mol. The summed E-state index contributed by atoms with van der Waals surface area (Å²) in [4.78, 5) is 17.2. The van der Waals surface area contributed by atoms with Crippen LogP contribution in [0.3, 0.4) is 0 Å². The number of nitrogens with zero attached hydrogens (tertiary/aromatic N) is 4. The van der Waals surface area contributed by atoms with Gasteiger partial charge >= 0.3 is 0 Å². The summed E-state index contributed by atoms with van der Waals surface area (Å²) in [6.45, 7) is 1.54. The molecule has 0 unspecified atom stereocenters. The number of hydrogen-bond donors (Lipinski definition) is 3. The minimum atomic E-state index is 0.728. The average Bonchev–Trinajstić information content (AvgIpc) is 3.73. The molecule has 0 fully saturated rings. The van der Waals surface area contributed by atoms with Gasteiger partial charge in [0.05, 0.1) is 34.8 Å². The maximum Gasteiger partial charge on any atom is 0.116 e. The molecule has 6 aromatic rings. The molecule has 0 bridgehead atoms. The Balaban J connectivity index is 1.19. The van der Waals surface area contributed by atoms with Crippen molar-refractivity contribution in [2.24, 2.45) is 0 Å². The molecule has 0 amide bonds. The van der Waals surface area contributed by atoms with Gasteiger partial charge in [-0.1, -0.05) is 48.6 Å². The van der Waals surface area contributed by atoms with Crippen LogP contribution >= 0.6 is 0 Å². The molecule has 0 aliphatic heterocycles. The molecule has 3 N–H and O–H groups in total. The highest BCUT2D eigenvalue weighted by molar-refractivity contribution is 6.00. The van der Waals surface area contributed by atoms with Gasteiger partial charge in [0.25, 0.3) is 0 Å². The van der Waals surface area contributed by atoms with E-state index in [1.54, 1.807) is 0 Å². The lowest BCUT2D eigenvalue weighted by Crippen LogP contribution is -2.12. The predicted octanol–water partition coefficient (Wildman–Crippen LogP) is 6.20. The van der Waals surface area contributed by atoms with E-state index in [9.17, 15) is 0 Å². The van der Waals surface area contributed by atoms with Gasteiger partial charge in [-0.3, -0.25) is 20.1 Å². The largest absolute Gasteiger partial charge is 0.352 e. The summed E-state index contributed by atoms with van der Waals surface area (Å²) in [7, 11) is 0. The average molecular weight is 496 g/mol. The fourth-order valence-corrected chi connectivity index (χ4v) is 5.02. The van der Waals surface area contributed by atoms with Gasteiger partial charge in [-0.2, -0.15) is 5.10 Å². The molecule has 0 radical (unpaired) electrons. The molecule has 1 aromatic carbocycles. The zero-order chi connectivity index (χ0) is 25.3. The summed E-state index contributed by atoms with van der Waals surface area (Å²) >= 11 is 0. The number of hydrogen-bond acceptors (Lipinski definition) is 5. The van der Waals surface area contributed by atoms with E-state index in [1.807, 2.05) is 37.1 Å². The van der Waals surface area contributed by atoms with Crippen LogP contribution in [-0.2, 0) is 13.1 Å². The fourth-order valence-electron chi connectivity index (χ4n) is 5.02. The Bertz CT molecular complexity index is 1830. The molecule has 0 saturated carbocycles. The van der Waals surface area contributed by atoms with Gasteiger partial charge in [0.2, 0.25) is 0 Å². The molecule has 0 atom stereocenters. The molecule has 5 heterocycles. The topological polar surface area (TPSA) is 95.2 Å². The summed E-state index contributed by atoms with van der Waals surface area (Å²) in [6, 6.07) is 16.8. The van der Waals surface area contributed by atoms with Crippen LogP contribution in [0, 0.1) is 0 Å². The first-order chi connectivity index (χ1) is 18.8. The van der Waals surface area contributed by atoms with Crippen LogP contribution in [0.1, 0.15) is 23.1 Å². The van der Waals surface area contributed by atoms with Gasteiger partial charge in [0, 0.05) is 53.6 Å². The van der Waals surface area contributed by atoms with Gasteiger partial charge in [-0.15, -0.1) is 0 Å². The molecule has 1 aliphatic carbocycles. The van der Waals surface area contributed by atoms with Crippen molar-refractivity contribution in [3.05, 3.63) is 114 Å². The second-order valence-electron chi connectivity index (χ2n) is 9.49. The molecule has 7 heteroatoms. The minimum absolute atomic E-state index is 0.728. The van der Waals surface area contributed by atoms with Crippen molar-refractivity contribution in [3.8, 4) is 22.6 Å². The first-order valence-corrected chi connectivity index (χ1v) is 12.7. The second-order valence-corrected chi connectivity index (χ2v) is 9.49. The quantitative estimate of drug-likeness (QED) is 0.245. The highest BCUT2D eigenvalue weighted by Crippen LogP contribution is 2.34. The molecule has 38 heavy (non-hydrogen) atoms. The number of allylic oxidation sites excluding steroid dienone is 4. The lowest BCUT2D eigenvalue weighted by Gasteiger charge is -2.07. The Morgan fingerprint density at radius 2 is 1.71 bits per heavy atom. The van der Waals surface area contributed by atoms with Gasteiger partial charge in [-0.25, -0.2) is 0 Å². The van der Waals surface area contributed by atoms with Crippen LogP contribution in [0.5, 0.6) is 0 Å². The zero-order valence-corrected chi connectivity index (χ0v) is 20.6. The van der Waals surface area contributed by atoms with Gasteiger partial charge in [-0.05, 0) is 41.3 Å². The fraction of sp³-hybridized carbons (Fsp3) is 0.0968. The van der Waals surface area contributed by atoms with Crippen molar-refractivity contribution in [2.75, 3.05) is 0 Å². The Hall–Kier alpha value is -4.88. The molecular formula is C31H25N7. The number of H-pyrrole nitrogens is 2. The van der Waals surface area contributed by atoms with Crippen molar-refractivity contribution in [3.63, 3.8) is 0 Å². The van der Waals surface area contributed by atoms with E-state index in [-0.39, 0.29) is 0 Å². The minimum Gasteiger partial charge on any atom is -0.352 e. The SMILES string of the molecule is C1=CC(c2cncc3[nH]c(-c4n[nH]c5cnc(-c6cncc(CNCc7ccccc7)c6)cc45)cc23)=CC1. The molecule has 0 saturated heterocycles. The highest BCUT2D eigenvalue weighted by atomic mass is 15.1. The molecule has 184 valence electrons. The number of fused-ring (bicyclic) bond motifs is 2. The number of aromatic amines is 2. The van der Waals surface area contributed by atoms with E-state index in [2.05, 4.69) is 91.2 Å². The van der Waals surface area contributed by atoms with Gasteiger partial charge < -0.3 is 10.3 Å². The third-order valence-corrected chi connectivity index (χ3v) is 6.92. The van der Waals surface area contributed by atoms with Crippen LogP contribution in [0.2, 0.25) is 0 Å². The first kappa shape index (κ1) is 22.3. The molecule has 7 nitrogen and oxygen atoms in total. The van der Waals surface area contributed by atoms with Crippen molar-refractivity contribution in [1.82, 2.24) is 35.5 Å². The van der Waals surface area contributed by atoms with Gasteiger partial charge in [0.15, 0.2) is 0 Å². The van der Waals surface area contributed by atoms with Crippen LogP contribution in [0.25, 0.3) is 50.0 Å². The standard InChI is InChI=1S/C31H25N7/c1-2-6-20(7-3-1)13-32-14-21-10-23(16-33-15-21)27-12-25-30(19-35-27)37-38-31(25)28-11-24-26(22-8-4-5-9-22)17-34-18-29(24)36-28/h1-4,6-12,15-19,32,36H,5,13-14H2,(H,37,38). The highest BCUT2D eigenvalue weighted by Gasteiger charge is 2.16. The Kier molecular flexibility index (Phi) is 5.60. The van der Waals surface area contributed by atoms with Crippen LogP contribution < -0.4 is 5.32 Å². The van der Waals surface area contributed by atoms with Crippen molar-refractivity contribution < 1.29 is 0 Å². The number of rotatable bonds is 7. The summed E-state index contributed by atoms with van der Waals surface area (Å²) in [5.41, 5.74) is 10.2.